The lowest BCUT2D eigenvalue weighted by Gasteiger charge is -2.29. The summed E-state index contributed by atoms with van der Waals surface area (Å²) in [5, 5.41) is 2.28. The fourth-order valence-electron chi connectivity index (χ4n) is 2.26. The second-order valence-corrected chi connectivity index (χ2v) is 4.10. The molecule has 0 unspecified atom stereocenters. The number of carbonyl (C=O) groups is 2. The number of nitrogens with zero attached hydrogens (tertiary/aromatic N) is 2. The molecule has 0 saturated carbocycles. The number of hydrazine groups is 1. The molecule has 2 aliphatic rings. The van der Waals surface area contributed by atoms with Gasteiger partial charge in [-0.2, -0.15) is 10.0 Å². The number of fused-ring (bicyclic) bond motifs is 1. The molecule has 1 aliphatic carbocycles. The predicted octanol–water partition coefficient (Wildman–Crippen LogP) is 1.45. The number of amides is 2. The average Bonchev–Trinajstić information content (AvgIpc) is 2.62. The van der Waals surface area contributed by atoms with Crippen molar-refractivity contribution < 1.29 is 23.8 Å². The first kappa shape index (κ1) is 14.1. The van der Waals surface area contributed by atoms with Crippen LogP contribution in [0.4, 0.5) is 9.59 Å². The Bertz CT molecular complexity index is 497. The Morgan fingerprint density at radius 3 is 2.25 bits per heavy atom. The van der Waals surface area contributed by atoms with Gasteiger partial charge in [0.05, 0.1) is 14.2 Å². The lowest BCUT2D eigenvalue weighted by molar-refractivity contribution is -0.0719. The van der Waals surface area contributed by atoms with Gasteiger partial charge in [0.25, 0.3) is 0 Å². The third-order valence-corrected chi connectivity index (χ3v) is 3.10. The Morgan fingerprint density at radius 2 is 1.65 bits per heavy atom. The summed E-state index contributed by atoms with van der Waals surface area (Å²) in [4.78, 5) is 23.9. The van der Waals surface area contributed by atoms with Crippen molar-refractivity contribution in [2.75, 3.05) is 21.3 Å². The van der Waals surface area contributed by atoms with Crippen molar-refractivity contribution in [3.8, 4) is 0 Å². The molecule has 0 bridgehead atoms. The van der Waals surface area contributed by atoms with Crippen LogP contribution >= 0.6 is 0 Å². The van der Waals surface area contributed by atoms with Gasteiger partial charge in [-0.05, 0) is 0 Å². The minimum Gasteiger partial charge on any atom is -0.451 e. The summed E-state index contributed by atoms with van der Waals surface area (Å²) in [7, 11) is 3.94. The number of hydrogen-bond donors (Lipinski definition) is 0. The largest absolute Gasteiger partial charge is 0.451 e. The molecule has 0 N–H and O–H groups in total. The van der Waals surface area contributed by atoms with Gasteiger partial charge in [0.1, 0.15) is 6.04 Å². The molecule has 20 heavy (non-hydrogen) atoms. The van der Waals surface area contributed by atoms with Crippen LogP contribution < -0.4 is 0 Å². The highest BCUT2D eigenvalue weighted by molar-refractivity contribution is 5.77. The summed E-state index contributed by atoms with van der Waals surface area (Å²) in [6.07, 6.45) is 6.92. The second kappa shape index (κ2) is 5.79. The summed E-state index contributed by atoms with van der Waals surface area (Å²) >= 11 is 0. The van der Waals surface area contributed by atoms with E-state index < -0.39 is 24.5 Å². The summed E-state index contributed by atoms with van der Waals surface area (Å²) in [5.41, 5.74) is 0.744. The summed E-state index contributed by atoms with van der Waals surface area (Å²) < 4.78 is 14.8. The van der Waals surface area contributed by atoms with Crippen LogP contribution in [0.3, 0.4) is 0 Å². The minimum absolute atomic E-state index is 0.457. The van der Waals surface area contributed by atoms with E-state index in [1.54, 1.807) is 18.2 Å². The molecule has 0 spiro atoms. The van der Waals surface area contributed by atoms with Crippen molar-refractivity contribution in [2.45, 2.75) is 12.3 Å². The fourth-order valence-corrected chi connectivity index (χ4v) is 2.26. The van der Waals surface area contributed by atoms with Crippen LogP contribution in [-0.2, 0) is 14.2 Å². The van der Waals surface area contributed by atoms with Crippen molar-refractivity contribution in [2.24, 2.45) is 0 Å². The van der Waals surface area contributed by atoms with Gasteiger partial charge in [-0.25, -0.2) is 9.59 Å². The number of allylic oxidation sites excluding steroid dienone is 4. The van der Waals surface area contributed by atoms with E-state index in [0.717, 1.165) is 10.6 Å². The first-order valence-corrected chi connectivity index (χ1v) is 5.97. The molecule has 1 aliphatic heterocycles. The Hall–Kier alpha value is -2.28. The predicted molar refractivity (Wildman–Crippen MR) is 69.4 cm³/mol. The van der Waals surface area contributed by atoms with E-state index in [0.29, 0.717) is 0 Å². The topological polar surface area (TPSA) is 68.3 Å². The fraction of sp³-hybridized carbons (Fsp3) is 0.385. The maximum Gasteiger partial charge on any atom is 0.431 e. The standard InChI is InChI=1S/C13H16N2O5/c1-18-11-9-7-5-4-6-8-10(9)14(12(16)19-2)15(11)13(17)20-3/h4-8,10-11H,1-3H3/t10-,11-/m0/s1. The van der Waals surface area contributed by atoms with Crippen molar-refractivity contribution >= 4 is 12.2 Å². The maximum absolute atomic E-state index is 12.0. The third kappa shape index (κ3) is 2.16. The van der Waals surface area contributed by atoms with Crippen LogP contribution in [0.1, 0.15) is 0 Å². The highest BCUT2D eigenvalue weighted by Crippen LogP contribution is 2.33. The Balaban J connectivity index is 2.49. The number of carbonyl (C=O) groups excluding carboxylic acids is 2. The van der Waals surface area contributed by atoms with Crippen LogP contribution in [0.15, 0.2) is 36.0 Å². The molecule has 0 aromatic heterocycles. The zero-order valence-corrected chi connectivity index (χ0v) is 11.5. The lowest BCUT2D eigenvalue weighted by Crippen LogP contribution is -2.50. The van der Waals surface area contributed by atoms with Crippen LogP contribution in [0, 0.1) is 0 Å². The monoisotopic (exact) mass is 280 g/mol. The van der Waals surface area contributed by atoms with E-state index in [9.17, 15) is 9.59 Å². The summed E-state index contributed by atoms with van der Waals surface area (Å²) in [6, 6.07) is -0.457. The van der Waals surface area contributed by atoms with E-state index in [-0.39, 0.29) is 0 Å². The highest BCUT2D eigenvalue weighted by atomic mass is 16.6. The third-order valence-electron chi connectivity index (χ3n) is 3.10. The average molecular weight is 280 g/mol. The molecule has 0 radical (unpaired) electrons. The van der Waals surface area contributed by atoms with Crippen molar-refractivity contribution in [1.82, 2.24) is 10.0 Å². The first-order valence-electron chi connectivity index (χ1n) is 5.97. The smallest absolute Gasteiger partial charge is 0.431 e. The molecule has 108 valence electrons. The Morgan fingerprint density at radius 1 is 1.00 bits per heavy atom. The van der Waals surface area contributed by atoms with Gasteiger partial charge in [-0.3, -0.25) is 0 Å². The second-order valence-electron chi connectivity index (χ2n) is 4.10. The van der Waals surface area contributed by atoms with Crippen molar-refractivity contribution in [3.05, 3.63) is 36.0 Å². The Kier molecular flexibility index (Phi) is 4.09. The quantitative estimate of drug-likeness (QED) is 0.727. The molecule has 1 saturated heterocycles. The number of rotatable bonds is 1. The SMILES string of the molecule is COC(=O)N1[C@H]2C=CC=CC=C2[C@H](OC)N1C(=O)OC. The molecule has 1 fully saturated rings. The van der Waals surface area contributed by atoms with Crippen molar-refractivity contribution in [1.29, 1.82) is 0 Å². The molecule has 2 amide bonds. The number of methoxy groups -OCH3 is 3. The van der Waals surface area contributed by atoms with Gasteiger partial charge in [0, 0.05) is 12.7 Å². The van der Waals surface area contributed by atoms with Gasteiger partial charge in [-0.15, -0.1) is 0 Å². The van der Waals surface area contributed by atoms with Crippen molar-refractivity contribution in [3.63, 3.8) is 0 Å². The number of hydrogen-bond acceptors (Lipinski definition) is 5. The molecular weight excluding hydrogens is 264 g/mol. The van der Waals surface area contributed by atoms with Gasteiger partial charge < -0.3 is 14.2 Å². The van der Waals surface area contributed by atoms with Crippen LogP contribution in [0.5, 0.6) is 0 Å². The molecule has 1 heterocycles. The number of ether oxygens (including phenoxy) is 3. The van der Waals surface area contributed by atoms with Gasteiger partial charge in [-0.1, -0.05) is 30.4 Å². The van der Waals surface area contributed by atoms with Crippen LogP contribution in [0.2, 0.25) is 0 Å². The molecule has 7 nitrogen and oxygen atoms in total. The van der Waals surface area contributed by atoms with Gasteiger partial charge >= 0.3 is 12.2 Å². The van der Waals surface area contributed by atoms with Gasteiger partial charge in [0.2, 0.25) is 0 Å². The van der Waals surface area contributed by atoms with Crippen LogP contribution in [0.25, 0.3) is 0 Å². The normalized spacial score (nSPS) is 24.1. The van der Waals surface area contributed by atoms with E-state index in [1.807, 2.05) is 12.2 Å². The lowest BCUT2D eigenvalue weighted by atomic mass is 10.1. The summed E-state index contributed by atoms with van der Waals surface area (Å²) in [5.74, 6) is 0. The molecular formula is C13H16N2O5. The highest BCUT2D eigenvalue weighted by Gasteiger charge is 2.49. The zero-order chi connectivity index (χ0) is 14.7. The van der Waals surface area contributed by atoms with E-state index in [2.05, 4.69) is 0 Å². The minimum atomic E-state index is -0.723. The van der Waals surface area contributed by atoms with E-state index >= 15 is 0 Å². The molecule has 7 heteroatoms. The molecule has 0 aromatic rings. The summed E-state index contributed by atoms with van der Waals surface area (Å²) in [6.45, 7) is 0. The van der Waals surface area contributed by atoms with Gasteiger partial charge in [0.15, 0.2) is 6.23 Å². The van der Waals surface area contributed by atoms with E-state index in [4.69, 9.17) is 14.2 Å². The zero-order valence-electron chi connectivity index (χ0n) is 11.5. The maximum atomic E-state index is 12.0. The van der Waals surface area contributed by atoms with E-state index in [1.165, 1.54) is 26.3 Å². The van der Waals surface area contributed by atoms with Crippen LogP contribution in [-0.4, -0.2) is 55.8 Å². The molecule has 0 aromatic carbocycles. The first-order chi connectivity index (χ1) is 9.65. The molecule has 2 atom stereocenters. The Labute approximate surface area is 116 Å². The molecule has 2 rings (SSSR count).